The van der Waals surface area contributed by atoms with Gasteiger partial charge in [-0.15, -0.1) is 18.3 Å². The van der Waals surface area contributed by atoms with Crippen molar-refractivity contribution in [3.8, 4) is 0 Å². The van der Waals surface area contributed by atoms with Gasteiger partial charge in [0.25, 0.3) is 0 Å². The lowest BCUT2D eigenvalue weighted by Gasteiger charge is -2.39. The molecule has 0 aromatic carbocycles. The molecule has 3 aliphatic heterocycles. The highest BCUT2D eigenvalue weighted by Crippen LogP contribution is 2.66. The van der Waals surface area contributed by atoms with Gasteiger partial charge in [0.05, 0.1) is 29.2 Å². The first-order valence-electron chi connectivity index (χ1n) is 10.6. The predicted octanol–water partition coefficient (Wildman–Crippen LogP) is 1.75. The first-order valence-corrected chi connectivity index (χ1v) is 11.5. The molecule has 3 fully saturated rings. The minimum Gasteiger partial charge on any atom is -0.481 e. The number of nitrogens with zero attached hydrogens (tertiary/aromatic N) is 2. The van der Waals surface area contributed by atoms with Crippen molar-refractivity contribution >= 4 is 29.5 Å². The number of unbranched alkanes of at least 4 members (excludes halogenated alkanes) is 1. The van der Waals surface area contributed by atoms with Crippen molar-refractivity contribution in [1.82, 2.24) is 9.80 Å². The molecule has 2 N–H and O–H groups in total. The average Bonchev–Trinajstić information content (AvgIpc) is 3.34. The van der Waals surface area contributed by atoms with Gasteiger partial charge < -0.3 is 20.0 Å². The number of aliphatic carboxylic acids is 1. The summed E-state index contributed by atoms with van der Waals surface area (Å²) < 4.78 is -0.712. The third-order valence-corrected chi connectivity index (χ3v) is 8.73. The predicted molar refractivity (Wildman–Crippen MR) is 111 cm³/mol. The maximum absolute atomic E-state index is 13.8. The normalized spacial score (nSPS) is 33.6. The van der Waals surface area contributed by atoms with E-state index in [4.69, 9.17) is 0 Å². The topological polar surface area (TPSA) is 98.2 Å². The quantitative estimate of drug-likeness (QED) is 0.519. The fraction of sp³-hybridized carbons (Fsp3) is 0.762. The second-order valence-electron chi connectivity index (χ2n) is 8.31. The molecule has 2 bridgehead atoms. The van der Waals surface area contributed by atoms with Crippen LogP contribution in [0.3, 0.4) is 0 Å². The molecule has 7 nitrogen and oxygen atoms in total. The van der Waals surface area contributed by atoms with Gasteiger partial charge in [-0.2, -0.15) is 0 Å². The van der Waals surface area contributed by atoms with Crippen LogP contribution < -0.4 is 0 Å². The van der Waals surface area contributed by atoms with Crippen LogP contribution in [0.1, 0.15) is 46.0 Å². The largest absolute Gasteiger partial charge is 0.481 e. The van der Waals surface area contributed by atoms with Crippen LogP contribution in [-0.2, 0) is 14.4 Å². The van der Waals surface area contributed by atoms with Crippen molar-refractivity contribution in [3.05, 3.63) is 12.7 Å². The summed E-state index contributed by atoms with van der Waals surface area (Å²) in [5, 5.41) is 19.6. The van der Waals surface area contributed by atoms with Crippen LogP contribution in [0.4, 0.5) is 0 Å². The summed E-state index contributed by atoms with van der Waals surface area (Å²) in [5.41, 5.74) is 0. The van der Waals surface area contributed by atoms with Gasteiger partial charge in [0.2, 0.25) is 11.8 Å². The van der Waals surface area contributed by atoms with Gasteiger partial charge in [0, 0.05) is 18.3 Å². The summed E-state index contributed by atoms with van der Waals surface area (Å²) in [5.74, 6) is -2.83. The number of hydrogen-bond donors (Lipinski definition) is 2. The number of fused-ring (bicyclic) bond motifs is 1. The van der Waals surface area contributed by atoms with E-state index in [-0.39, 0.29) is 23.7 Å². The first kappa shape index (κ1) is 22.2. The van der Waals surface area contributed by atoms with Gasteiger partial charge in [-0.1, -0.05) is 26.3 Å². The van der Waals surface area contributed by atoms with E-state index in [9.17, 15) is 24.6 Å². The molecule has 1 spiro atoms. The summed E-state index contributed by atoms with van der Waals surface area (Å²) in [6.45, 7) is 8.43. The highest BCUT2D eigenvalue weighted by atomic mass is 32.2. The maximum Gasteiger partial charge on any atom is 0.308 e. The fourth-order valence-corrected chi connectivity index (χ4v) is 7.62. The van der Waals surface area contributed by atoms with Crippen LogP contribution in [0, 0.1) is 11.8 Å². The number of amides is 2. The Bertz CT molecular complexity index is 682. The summed E-state index contributed by atoms with van der Waals surface area (Å²) in [4.78, 5) is 42.6. The van der Waals surface area contributed by atoms with E-state index in [0.29, 0.717) is 32.4 Å². The number of thioether (sulfide) groups is 1. The molecule has 6 atom stereocenters. The van der Waals surface area contributed by atoms with Gasteiger partial charge >= 0.3 is 5.97 Å². The van der Waals surface area contributed by atoms with E-state index >= 15 is 0 Å². The van der Waals surface area contributed by atoms with Crippen molar-refractivity contribution in [2.45, 2.75) is 68.0 Å². The zero-order valence-electron chi connectivity index (χ0n) is 17.2. The van der Waals surface area contributed by atoms with Gasteiger partial charge in [-0.3, -0.25) is 14.4 Å². The first-order chi connectivity index (χ1) is 13.9. The van der Waals surface area contributed by atoms with E-state index in [1.165, 1.54) is 11.8 Å². The molecule has 3 aliphatic rings. The summed E-state index contributed by atoms with van der Waals surface area (Å²) >= 11 is 1.53. The Morgan fingerprint density at radius 1 is 1.45 bits per heavy atom. The molecule has 3 rings (SSSR count). The molecule has 2 unspecified atom stereocenters. The molecule has 8 heteroatoms. The molecule has 162 valence electrons. The number of aliphatic hydroxyl groups excluding tert-OH is 1. The highest BCUT2D eigenvalue weighted by Gasteiger charge is 2.74. The summed E-state index contributed by atoms with van der Waals surface area (Å²) in [7, 11) is 0. The number of rotatable bonds is 10. The van der Waals surface area contributed by atoms with Crippen molar-refractivity contribution in [2.24, 2.45) is 11.8 Å². The van der Waals surface area contributed by atoms with Crippen LogP contribution in [0.2, 0.25) is 0 Å². The lowest BCUT2D eigenvalue weighted by Crippen LogP contribution is -2.57. The standard InChI is InChI=1S/C21H32N2O5S/c1-4-7-11-22(10-5-2)19(26)17-21-9-8-14(29-21)15(20(27)28)16(21)18(25)23(17)13(6-3)12-24/h5,13-17,24H,2,4,6-12H2,1,3H3,(H,27,28)/t13-,14+,15-,16-,17?,21?/m0/s1. The molecular weight excluding hydrogens is 392 g/mol. The lowest BCUT2D eigenvalue weighted by atomic mass is 9.71. The molecule has 3 heterocycles. The van der Waals surface area contributed by atoms with Crippen molar-refractivity contribution in [3.63, 3.8) is 0 Å². The smallest absolute Gasteiger partial charge is 0.308 e. The molecule has 0 aromatic rings. The number of carboxylic acid groups (broad SMARTS) is 1. The van der Waals surface area contributed by atoms with Gasteiger partial charge in [-0.25, -0.2) is 0 Å². The van der Waals surface area contributed by atoms with E-state index in [1.807, 2.05) is 6.92 Å². The molecule has 0 saturated carbocycles. The Balaban J connectivity index is 2.05. The third-order valence-electron chi connectivity index (χ3n) is 6.78. The Labute approximate surface area is 176 Å². The fourth-order valence-electron chi connectivity index (χ4n) is 5.43. The van der Waals surface area contributed by atoms with Crippen LogP contribution >= 0.6 is 11.8 Å². The SMILES string of the molecule is C=CCN(CCCC)C(=O)C1N([C@@H](CC)CO)C(=O)[C@@H]2[C@@H](C(=O)O)[C@H]3CCC12S3. The number of carbonyl (C=O) groups excluding carboxylic acids is 2. The van der Waals surface area contributed by atoms with Crippen molar-refractivity contribution in [1.29, 1.82) is 0 Å². The molecule has 0 aliphatic carbocycles. The minimum absolute atomic E-state index is 0.128. The number of aliphatic hydroxyl groups is 1. The van der Waals surface area contributed by atoms with Crippen LogP contribution in [0.25, 0.3) is 0 Å². The second kappa shape index (κ2) is 8.68. The minimum atomic E-state index is -0.957. The lowest BCUT2D eigenvalue weighted by molar-refractivity contribution is -0.149. The van der Waals surface area contributed by atoms with E-state index < -0.39 is 34.6 Å². The van der Waals surface area contributed by atoms with Crippen LogP contribution in [0.15, 0.2) is 12.7 Å². The second-order valence-corrected chi connectivity index (χ2v) is 9.91. The monoisotopic (exact) mass is 424 g/mol. The van der Waals surface area contributed by atoms with Gasteiger partial charge in [0.15, 0.2) is 0 Å². The van der Waals surface area contributed by atoms with E-state index in [0.717, 1.165) is 12.8 Å². The molecule has 0 radical (unpaired) electrons. The number of likely N-dealkylation sites (tertiary alicyclic amines) is 1. The number of carbonyl (C=O) groups is 3. The number of hydrogen-bond acceptors (Lipinski definition) is 5. The average molecular weight is 425 g/mol. The van der Waals surface area contributed by atoms with Crippen molar-refractivity contribution < 1.29 is 24.6 Å². The van der Waals surface area contributed by atoms with E-state index in [1.54, 1.807) is 15.9 Å². The highest BCUT2D eigenvalue weighted by molar-refractivity contribution is 8.02. The Morgan fingerprint density at radius 2 is 2.17 bits per heavy atom. The van der Waals surface area contributed by atoms with E-state index in [2.05, 4.69) is 13.5 Å². The maximum atomic E-state index is 13.8. The van der Waals surface area contributed by atoms with Crippen molar-refractivity contribution in [2.75, 3.05) is 19.7 Å². The number of carboxylic acids is 1. The molecule has 0 aromatic heterocycles. The summed E-state index contributed by atoms with van der Waals surface area (Å²) in [6, 6.07) is -1.21. The molecule has 29 heavy (non-hydrogen) atoms. The van der Waals surface area contributed by atoms with Crippen LogP contribution in [-0.4, -0.2) is 79.6 Å². The van der Waals surface area contributed by atoms with Gasteiger partial charge in [-0.05, 0) is 25.7 Å². The molecule has 3 saturated heterocycles. The molecular formula is C21H32N2O5S. The van der Waals surface area contributed by atoms with Crippen LogP contribution in [0.5, 0.6) is 0 Å². The zero-order valence-corrected chi connectivity index (χ0v) is 18.1. The third kappa shape index (κ3) is 3.38. The zero-order chi connectivity index (χ0) is 21.3. The molecule has 2 amide bonds. The van der Waals surface area contributed by atoms with Gasteiger partial charge in [0.1, 0.15) is 6.04 Å². The Kier molecular flexibility index (Phi) is 6.63. The Morgan fingerprint density at radius 3 is 2.72 bits per heavy atom. The summed E-state index contributed by atoms with van der Waals surface area (Å²) in [6.07, 6.45) is 5.35. The Hall–Kier alpha value is -1.54.